The van der Waals surface area contributed by atoms with E-state index in [0.29, 0.717) is 12.8 Å². The third kappa shape index (κ3) is 45.1. The van der Waals surface area contributed by atoms with Crippen LogP contribution in [0.15, 0.2) is 12.2 Å². The molecule has 4 N–H and O–H groups in total. The number of unbranched alkanes of at least 4 members (excludes halogenated alkanes) is 41. The van der Waals surface area contributed by atoms with Gasteiger partial charge >= 0.3 is 0 Å². The molecule has 0 spiro atoms. The number of aliphatic hydroxyl groups excluding tert-OH is 3. The molecule has 0 heterocycles. The predicted octanol–water partition coefficient (Wildman–Crippen LogP) is 16.7. The SMILES string of the molecule is CCCCCCCCCCCCCC/C=C\CCCCCCCCCCCCCC(O)C(=O)NC(CO)C(O)CCCCCCCCCCCCCCCCCCCCC. The largest absolute Gasteiger partial charge is 0.394 e. The smallest absolute Gasteiger partial charge is 0.249 e. The number of carbonyl (C=O) groups excluding carboxylic acids is 1. The van der Waals surface area contributed by atoms with Crippen LogP contribution in [0.1, 0.15) is 309 Å². The van der Waals surface area contributed by atoms with Gasteiger partial charge in [-0.05, 0) is 38.5 Å². The van der Waals surface area contributed by atoms with E-state index in [4.69, 9.17) is 0 Å². The molecule has 0 saturated carbocycles. The molecule has 0 aliphatic heterocycles. The molecule has 0 aromatic rings. The zero-order valence-electron chi connectivity index (χ0n) is 40.9. The van der Waals surface area contributed by atoms with Gasteiger partial charge < -0.3 is 20.6 Å². The van der Waals surface area contributed by atoms with E-state index in [-0.39, 0.29) is 6.61 Å². The molecule has 1 amide bonds. The summed E-state index contributed by atoms with van der Waals surface area (Å²) < 4.78 is 0. The van der Waals surface area contributed by atoms with Gasteiger partial charge in [0.25, 0.3) is 0 Å². The average molecular weight is 848 g/mol. The lowest BCUT2D eigenvalue weighted by atomic mass is 10.0. The van der Waals surface area contributed by atoms with Crippen molar-refractivity contribution in [2.45, 2.75) is 327 Å². The highest BCUT2D eigenvalue weighted by atomic mass is 16.3. The molecule has 0 bridgehead atoms. The lowest BCUT2D eigenvalue weighted by molar-refractivity contribution is -0.131. The number of hydrogen-bond donors (Lipinski definition) is 4. The van der Waals surface area contributed by atoms with Crippen LogP contribution in [0.3, 0.4) is 0 Å². The molecular weight excluding hydrogens is 739 g/mol. The van der Waals surface area contributed by atoms with E-state index in [9.17, 15) is 20.1 Å². The Balaban J connectivity index is 3.52. The molecule has 0 aliphatic rings. The van der Waals surface area contributed by atoms with E-state index in [1.165, 1.54) is 250 Å². The number of carbonyl (C=O) groups is 1. The van der Waals surface area contributed by atoms with Crippen LogP contribution in [0, 0.1) is 0 Å². The Morgan fingerprint density at radius 3 is 0.917 bits per heavy atom. The Labute approximate surface area is 376 Å². The number of rotatable bonds is 51. The maximum absolute atomic E-state index is 12.6. The fraction of sp³-hybridized carbons (Fsp3) is 0.945. The van der Waals surface area contributed by atoms with E-state index < -0.39 is 24.2 Å². The second-order valence-electron chi connectivity index (χ2n) is 19.1. The van der Waals surface area contributed by atoms with Crippen molar-refractivity contribution >= 4 is 5.91 Å². The average Bonchev–Trinajstić information content (AvgIpc) is 3.25. The standard InChI is InChI=1S/C55H109NO4/c1-3-5-7-9-11-13-15-17-19-21-23-24-25-26-27-28-29-30-32-34-36-38-40-42-44-46-48-50-54(59)55(60)56-52(51-57)53(58)49-47-45-43-41-39-37-35-33-31-22-20-18-16-14-12-10-8-6-4-2/h26-27,52-54,57-59H,3-25,28-51H2,1-2H3,(H,56,60)/b27-26-. The number of allylic oxidation sites excluding steroid dienone is 2. The van der Waals surface area contributed by atoms with Crippen molar-refractivity contribution in [2.75, 3.05) is 6.61 Å². The fourth-order valence-electron chi connectivity index (χ4n) is 8.84. The van der Waals surface area contributed by atoms with Gasteiger partial charge in [-0.25, -0.2) is 0 Å². The van der Waals surface area contributed by atoms with Crippen molar-refractivity contribution in [2.24, 2.45) is 0 Å². The van der Waals surface area contributed by atoms with Gasteiger partial charge in [-0.3, -0.25) is 4.79 Å². The van der Waals surface area contributed by atoms with Crippen LogP contribution < -0.4 is 5.32 Å². The summed E-state index contributed by atoms with van der Waals surface area (Å²) in [5.74, 6) is -0.466. The molecule has 0 fully saturated rings. The van der Waals surface area contributed by atoms with Gasteiger partial charge in [0.1, 0.15) is 6.10 Å². The minimum atomic E-state index is -1.07. The van der Waals surface area contributed by atoms with Crippen molar-refractivity contribution in [1.82, 2.24) is 5.32 Å². The van der Waals surface area contributed by atoms with E-state index in [2.05, 4.69) is 31.3 Å². The first-order chi connectivity index (χ1) is 29.6. The normalized spacial score (nSPS) is 13.3. The van der Waals surface area contributed by atoms with E-state index >= 15 is 0 Å². The summed E-state index contributed by atoms with van der Waals surface area (Å²) >= 11 is 0. The van der Waals surface area contributed by atoms with Crippen LogP contribution in [0.5, 0.6) is 0 Å². The second-order valence-corrected chi connectivity index (χ2v) is 19.1. The lowest BCUT2D eigenvalue weighted by Crippen LogP contribution is -2.49. The molecule has 5 nitrogen and oxygen atoms in total. The highest BCUT2D eigenvalue weighted by Crippen LogP contribution is 2.18. The highest BCUT2D eigenvalue weighted by Gasteiger charge is 2.23. The summed E-state index contributed by atoms with van der Waals surface area (Å²) in [7, 11) is 0. The number of aliphatic hydroxyl groups is 3. The molecule has 0 aromatic heterocycles. The van der Waals surface area contributed by atoms with Gasteiger partial charge in [-0.1, -0.05) is 283 Å². The minimum Gasteiger partial charge on any atom is -0.394 e. The van der Waals surface area contributed by atoms with Crippen molar-refractivity contribution in [1.29, 1.82) is 0 Å². The van der Waals surface area contributed by atoms with E-state index in [0.717, 1.165) is 32.1 Å². The minimum absolute atomic E-state index is 0.310. The zero-order chi connectivity index (χ0) is 43.7. The number of hydrogen-bond acceptors (Lipinski definition) is 4. The van der Waals surface area contributed by atoms with Gasteiger partial charge in [-0.2, -0.15) is 0 Å². The highest BCUT2D eigenvalue weighted by molar-refractivity contribution is 5.80. The maximum Gasteiger partial charge on any atom is 0.249 e. The fourth-order valence-corrected chi connectivity index (χ4v) is 8.84. The summed E-state index contributed by atoms with van der Waals surface area (Å²) in [4.78, 5) is 12.6. The van der Waals surface area contributed by atoms with Crippen molar-refractivity contribution in [3.05, 3.63) is 12.2 Å². The van der Waals surface area contributed by atoms with Crippen molar-refractivity contribution in [3.63, 3.8) is 0 Å². The topological polar surface area (TPSA) is 89.8 Å². The Morgan fingerprint density at radius 1 is 0.383 bits per heavy atom. The van der Waals surface area contributed by atoms with Gasteiger partial charge in [0, 0.05) is 0 Å². The van der Waals surface area contributed by atoms with Crippen LogP contribution in [-0.2, 0) is 4.79 Å². The van der Waals surface area contributed by atoms with Gasteiger partial charge in [0.05, 0.1) is 18.8 Å². The Bertz CT molecular complexity index is 848. The molecule has 60 heavy (non-hydrogen) atoms. The zero-order valence-corrected chi connectivity index (χ0v) is 40.9. The molecule has 3 atom stereocenters. The molecular formula is C55H109NO4. The van der Waals surface area contributed by atoms with Crippen molar-refractivity contribution < 1.29 is 20.1 Å². The molecule has 5 heteroatoms. The van der Waals surface area contributed by atoms with Gasteiger partial charge in [-0.15, -0.1) is 0 Å². The molecule has 0 radical (unpaired) electrons. The molecule has 358 valence electrons. The molecule has 3 unspecified atom stereocenters. The quantitative estimate of drug-likeness (QED) is 0.0363. The monoisotopic (exact) mass is 848 g/mol. The van der Waals surface area contributed by atoms with Crippen LogP contribution in [0.25, 0.3) is 0 Å². The predicted molar refractivity (Wildman–Crippen MR) is 264 cm³/mol. The third-order valence-corrected chi connectivity index (χ3v) is 13.1. The van der Waals surface area contributed by atoms with E-state index in [1.54, 1.807) is 0 Å². The first-order valence-corrected chi connectivity index (χ1v) is 27.5. The Hall–Kier alpha value is -0.910. The number of nitrogens with one attached hydrogen (secondary N) is 1. The molecule has 0 rings (SSSR count). The molecule has 0 saturated heterocycles. The van der Waals surface area contributed by atoms with Crippen LogP contribution in [-0.4, -0.2) is 46.1 Å². The van der Waals surface area contributed by atoms with Crippen LogP contribution in [0.4, 0.5) is 0 Å². The maximum atomic E-state index is 12.6. The third-order valence-electron chi connectivity index (χ3n) is 13.1. The van der Waals surface area contributed by atoms with Crippen LogP contribution >= 0.6 is 0 Å². The summed E-state index contributed by atoms with van der Waals surface area (Å²) in [5.41, 5.74) is 0. The second kappa shape index (κ2) is 50.7. The van der Waals surface area contributed by atoms with Gasteiger partial charge in [0.15, 0.2) is 0 Å². The summed E-state index contributed by atoms with van der Waals surface area (Å²) in [5, 5.41) is 33.5. The van der Waals surface area contributed by atoms with Crippen molar-refractivity contribution in [3.8, 4) is 0 Å². The first kappa shape index (κ1) is 59.1. The lowest BCUT2D eigenvalue weighted by Gasteiger charge is -2.23. The Kier molecular flexibility index (Phi) is 50.0. The summed E-state index contributed by atoms with van der Waals surface area (Å²) in [6.07, 6.45) is 62.5. The first-order valence-electron chi connectivity index (χ1n) is 27.5. The Morgan fingerprint density at radius 2 is 0.633 bits per heavy atom. The van der Waals surface area contributed by atoms with E-state index in [1.807, 2.05) is 0 Å². The van der Waals surface area contributed by atoms with Gasteiger partial charge in [0.2, 0.25) is 5.91 Å². The van der Waals surface area contributed by atoms with Crippen LogP contribution in [0.2, 0.25) is 0 Å². The number of amides is 1. The summed E-state index contributed by atoms with van der Waals surface area (Å²) in [6, 6.07) is -0.710. The summed E-state index contributed by atoms with van der Waals surface area (Å²) in [6.45, 7) is 4.27. The molecule has 0 aromatic carbocycles. The molecule has 0 aliphatic carbocycles.